The molecule has 1 aromatic rings. The first-order chi connectivity index (χ1) is 10.0. The van der Waals surface area contributed by atoms with E-state index in [2.05, 4.69) is 10.1 Å². The van der Waals surface area contributed by atoms with Gasteiger partial charge in [0.05, 0.1) is 18.6 Å². The van der Waals surface area contributed by atoms with Crippen LogP contribution in [0.25, 0.3) is 0 Å². The van der Waals surface area contributed by atoms with Crippen molar-refractivity contribution in [3.05, 3.63) is 39.4 Å². The summed E-state index contributed by atoms with van der Waals surface area (Å²) in [5, 5.41) is 13.6. The quantitative estimate of drug-likeness (QED) is 0.487. The standard InChI is InChI=1S/C13H15N3O5/c1-21-13(18)10-6-9(2-3-11(10)16(19)20)7-15-5-4-14-12(17)8-15/h2-3,6H,4-5,7-8H2,1H3,(H,14,17). The van der Waals surface area contributed by atoms with Gasteiger partial charge in [0, 0.05) is 25.7 Å². The highest BCUT2D eigenvalue weighted by molar-refractivity contribution is 5.94. The summed E-state index contributed by atoms with van der Waals surface area (Å²) in [5.74, 6) is -0.809. The van der Waals surface area contributed by atoms with Crippen molar-refractivity contribution in [3.63, 3.8) is 0 Å². The van der Waals surface area contributed by atoms with Crippen molar-refractivity contribution < 1.29 is 19.2 Å². The summed E-state index contributed by atoms with van der Waals surface area (Å²) in [4.78, 5) is 35.1. The maximum atomic E-state index is 11.6. The first-order valence-corrected chi connectivity index (χ1v) is 6.36. The summed E-state index contributed by atoms with van der Waals surface area (Å²) < 4.78 is 4.57. The molecule has 0 saturated carbocycles. The first-order valence-electron chi connectivity index (χ1n) is 6.36. The summed E-state index contributed by atoms with van der Waals surface area (Å²) in [6.45, 7) is 1.96. The number of carbonyl (C=O) groups is 2. The molecule has 1 saturated heterocycles. The highest BCUT2D eigenvalue weighted by atomic mass is 16.6. The molecular formula is C13H15N3O5. The molecule has 0 bridgehead atoms. The summed E-state index contributed by atoms with van der Waals surface area (Å²) in [7, 11) is 1.17. The molecule has 1 fully saturated rings. The van der Waals surface area contributed by atoms with E-state index in [1.54, 1.807) is 6.07 Å². The zero-order chi connectivity index (χ0) is 15.4. The van der Waals surface area contributed by atoms with Gasteiger partial charge in [-0.3, -0.25) is 19.8 Å². The van der Waals surface area contributed by atoms with Gasteiger partial charge in [-0.1, -0.05) is 6.07 Å². The molecule has 0 unspecified atom stereocenters. The van der Waals surface area contributed by atoms with Crippen molar-refractivity contribution >= 4 is 17.6 Å². The highest BCUT2D eigenvalue weighted by Crippen LogP contribution is 2.21. The number of nitro benzene ring substituents is 1. The highest BCUT2D eigenvalue weighted by Gasteiger charge is 2.22. The summed E-state index contributed by atoms with van der Waals surface area (Å²) in [6, 6.07) is 4.30. The van der Waals surface area contributed by atoms with Gasteiger partial charge in [0.25, 0.3) is 5.69 Å². The number of piperazine rings is 1. The predicted molar refractivity (Wildman–Crippen MR) is 72.7 cm³/mol. The second-order valence-corrected chi connectivity index (χ2v) is 4.66. The van der Waals surface area contributed by atoms with Crippen molar-refractivity contribution in [1.29, 1.82) is 0 Å². The second-order valence-electron chi connectivity index (χ2n) is 4.66. The van der Waals surface area contributed by atoms with E-state index in [9.17, 15) is 19.7 Å². The van der Waals surface area contributed by atoms with Gasteiger partial charge in [0.2, 0.25) is 5.91 Å². The molecule has 1 aromatic carbocycles. The number of esters is 1. The number of amides is 1. The molecule has 112 valence electrons. The fourth-order valence-corrected chi connectivity index (χ4v) is 2.20. The average molecular weight is 293 g/mol. The second kappa shape index (κ2) is 6.31. The maximum Gasteiger partial charge on any atom is 0.344 e. The van der Waals surface area contributed by atoms with Gasteiger partial charge < -0.3 is 10.1 Å². The van der Waals surface area contributed by atoms with E-state index in [1.807, 2.05) is 4.90 Å². The van der Waals surface area contributed by atoms with Gasteiger partial charge in [-0.15, -0.1) is 0 Å². The van der Waals surface area contributed by atoms with Gasteiger partial charge in [-0.2, -0.15) is 0 Å². The molecule has 0 radical (unpaired) electrons. The molecule has 1 heterocycles. The van der Waals surface area contributed by atoms with E-state index >= 15 is 0 Å². The Morgan fingerprint density at radius 3 is 2.90 bits per heavy atom. The molecule has 1 N–H and O–H groups in total. The van der Waals surface area contributed by atoms with Crippen molar-refractivity contribution in [2.75, 3.05) is 26.7 Å². The number of hydrogen-bond acceptors (Lipinski definition) is 6. The van der Waals surface area contributed by atoms with E-state index in [1.165, 1.54) is 19.2 Å². The van der Waals surface area contributed by atoms with Gasteiger partial charge >= 0.3 is 5.97 Å². The number of hydrogen-bond donors (Lipinski definition) is 1. The van der Waals surface area contributed by atoms with Crippen molar-refractivity contribution in [2.45, 2.75) is 6.54 Å². The lowest BCUT2D eigenvalue weighted by Gasteiger charge is -2.26. The molecule has 1 amide bonds. The molecule has 0 aliphatic carbocycles. The van der Waals surface area contributed by atoms with E-state index in [-0.39, 0.29) is 23.7 Å². The van der Waals surface area contributed by atoms with Crippen molar-refractivity contribution in [3.8, 4) is 0 Å². The van der Waals surface area contributed by atoms with Crippen LogP contribution in [0.15, 0.2) is 18.2 Å². The molecule has 1 aliphatic rings. The SMILES string of the molecule is COC(=O)c1cc(CN2CCNC(=O)C2)ccc1[N+](=O)[O-]. The van der Waals surface area contributed by atoms with Crippen LogP contribution in [0.1, 0.15) is 15.9 Å². The lowest BCUT2D eigenvalue weighted by molar-refractivity contribution is -0.385. The van der Waals surface area contributed by atoms with E-state index in [0.717, 1.165) is 5.56 Å². The van der Waals surface area contributed by atoms with Crippen LogP contribution in [0.5, 0.6) is 0 Å². The van der Waals surface area contributed by atoms with Crippen molar-refractivity contribution in [2.24, 2.45) is 0 Å². The molecule has 0 spiro atoms. The number of carbonyl (C=O) groups excluding carboxylic acids is 2. The van der Waals surface area contributed by atoms with Gasteiger partial charge in [-0.25, -0.2) is 4.79 Å². The van der Waals surface area contributed by atoms with E-state index < -0.39 is 10.9 Å². The smallest absolute Gasteiger partial charge is 0.344 e. The van der Waals surface area contributed by atoms with Crippen LogP contribution in [0, 0.1) is 10.1 Å². The van der Waals surface area contributed by atoms with E-state index in [4.69, 9.17) is 0 Å². The molecule has 8 heteroatoms. The van der Waals surface area contributed by atoms with Crippen LogP contribution in [-0.4, -0.2) is 48.4 Å². The molecule has 0 aromatic heterocycles. The monoisotopic (exact) mass is 293 g/mol. The number of ether oxygens (including phenoxy) is 1. The normalized spacial score (nSPS) is 15.4. The lowest BCUT2D eigenvalue weighted by Crippen LogP contribution is -2.47. The largest absolute Gasteiger partial charge is 0.465 e. The number of nitrogens with one attached hydrogen (secondary N) is 1. The number of benzene rings is 1. The summed E-state index contributed by atoms with van der Waals surface area (Å²) in [6.07, 6.45) is 0. The molecule has 2 rings (SSSR count). The molecule has 21 heavy (non-hydrogen) atoms. The topological polar surface area (TPSA) is 102 Å². The summed E-state index contributed by atoms with van der Waals surface area (Å²) >= 11 is 0. The zero-order valence-corrected chi connectivity index (χ0v) is 11.5. The van der Waals surface area contributed by atoms with Gasteiger partial charge in [-0.05, 0) is 11.6 Å². The zero-order valence-electron chi connectivity index (χ0n) is 11.5. The third-order valence-electron chi connectivity index (χ3n) is 3.19. The first kappa shape index (κ1) is 14.9. The predicted octanol–water partition coefficient (Wildman–Crippen LogP) is 0.313. The maximum absolute atomic E-state index is 11.6. The molecule has 0 atom stereocenters. The third kappa shape index (κ3) is 3.54. The number of nitro groups is 1. The Hall–Kier alpha value is -2.48. The average Bonchev–Trinajstić information content (AvgIpc) is 2.46. The Balaban J connectivity index is 2.22. The fourth-order valence-electron chi connectivity index (χ4n) is 2.20. The van der Waals surface area contributed by atoms with Crippen molar-refractivity contribution in [1.82, 2.24) is 10.2 Å². The summed E-state index contributed by atoms with van der Waals surface area (Å²) in [5.41, 5.74) is 0.346. The lowest BCUT2D eigenvalue weighted by atomic mass is 10.1. The Morgan fingerprint density at radius 1 is 1.52 bits per heavy atom. The van der Waals surface area contributed by atoms with Crippen LogP contribution >= 0.6 is 0 Å². The van der Waals surface area contributed by atoms with Gasteiger partial charge in [0.15, 0.2) is 0 Å². The van der Waals surface area contributed by atoms with Crippen LogP contribution in [0.4, 0.5) is 5.69 Å². The minimum atomic E-state index is -0.750. The minimum Gasteiger partial charge on any atom is -0.465 e. The number of nitrogens with zero attached hydrogens (tertiary/aromatic N) is 2. The Labute approximate surface area is 120 Å². The van der Waals surface area contributed by atoms with Gasteiger partial charge in [0.1, 0.15) is 5.56 Å². The molecular weight excluding hydrogens is 278 g/mol. The Bertz CT molecular complexity index is 587. The Morgan fingerprint density at radius 2 is 2.29 bits per heavy atom. The van der Waals surface area contributed by atoms with Crippen LogP contribution < -0.4 is 5.32 Å². The number of methoxy groups -OCH3 is 1. The minimum absolute atomic E-state index is 0.0589. The van der Waals surface area contributed by atoms with Crippen LogP contribution in [0.2, 0.25) is 0 Å². The fraction of sp³-hybridized carbons (Fsp3) is 0.385. The molecule has 1 aliphatic heterocycles. The van der Waals surface area contributed by atoms with E-state index in [0.29, 0.717) is 19.6 Å². The number of rotatable bonds is 4. The van der Waals surface area contributed by atoms with Crippen LogP contribution in [0.3, 0.4) is 0 Å². The Kier molecular flexibility index (Phi) is 4.49. The van der Waals surface area contributed by atoms with Crippen LogP contribution in [-0.2, 0) is 16.1 Å². The molecule has 8 nitrogen and oxygen atoms in total. The third-order valence-corrected chi connectivity index (χ3v) is 3.19.